The molecule has 0 heterocycles. The molecule has 0 aliphatic heterocycles. The molecule has 2 amide bonds. The highest BCUT2D eigenvalue weighted by Gasteiger charge is 2.29. The van der Waals surface area contributed by atoms with Crippen LogP contribution in [0.4, 0.5) is 4.79 Å². The van der Waals surface area contributed by atoms with Crippen LogP contribution in [0.5, 0.6) is 5.75 Å². The Balaban J connectivity index is 1.73. The van der Waals surface area contributed by atoms with Crippen molar-refractivity contribution in [3.05, 3.63) is 59.2 Å². The van der Waals surface area contributed by atoms with Crippen molar-refractivity contribution in [3.8, 4) is 5.75 Å². The fraction of sp³-hybridized carbons (Fsp3) is 0.444. The van der Waals surface area contributed by atoms with Crippen LogP contribution in [0.1, 0.15) is 29.5 Å². The molecule has 0 bridgehead atoms. The molecular weight excluding hydrogens is 540 g/mol. The molecule has 220 valence electrons. The van der Waals surface area contributed by atoms with E-state index in [1.807, 2.05) is 30.3 Å². The third kappa shape index (κ3) is 10.8. The van der Waals surface area contributed by atoms with Gasteiger partial charge in [0.25, 0.3) is 0 Å². The molecule has 0 spiro atoms. The number of nitrogens with one attached hydrogen (secondary N) is 3. The van der Waals surface area contributed by atoms with Crippen molar-refractivity contribution in [1.29, 1.82) is 0 Å². The number of hydrogen-bond acceptors (Lipinski definition) is 8. The summed E-state index contributed by atoms with van der Waals surface area (Å²) in [6, 6.07) is 11.5. The second-order valence-corrected chi connectivity index (χ2v) is 10.7. The molecule has 5 N–H and O–H groups in total. The van der Waals surface area contributed by atoms with E-state index >= 15 is 0 Å². The highest BCUT2D eigenvalue weighted by atomic mass is 32.2. The molecule has 2 aromatic carbocycles. The molecule has 0 aliphatic carbocycles. The number of quaternary nitrogens is 1. The maximum absolute atomic E-state index is 13.0. The highest BCUT2D eigenvalue weighted by Crippen LogP contribution is 2.26. The van der Waals surface area contributed by atoms with E-state index in [0.717, 1.165) is 5.56 Å². The largest absolute Gasteiger partial charge is 0.494 e. The van der Waals surface area contributed by atoms with Gasteiger partial charge in [0.2, 0.25) is 15.9 Å². The molecule has 2 aromatic rings. The zero-order valence-electron chi connectivity index (χ0n) is 23.3. The lowest BCUT2D eigenvalue weighted by Crippen LogP contribution is -2.84. The Morgan fingerprint density at radius 3 is 2.27 bits per heavy atom. The first-order valence-corrected chi connectivity index (χ1v) is 14.4. The van der Waals surface area contributed by atoms with Crippen LogP contribution in [0.3, 0.4) is 0 Å². The Morgan fingerprint density at radius 1 is 1.00 bits per heavy atom. The first-order valence-electron chi connectivity index (χ1n) is 12.9. The average Bonchev–Trinajstić information content (AvgIpc) is 2.91. The normalized spacial score (nSPS) is 11.8. The fourth-order valence-electron chi connectivity index (χ4n) is 3.89. The molecule has 12 nitrogen and oxygen atoms in total. The van der Waals surface area contributed by atoms with Crippen LogP contribution in [-0.4, -0.2) is 72.8 Å². The van der Waals surface area contributed by atoms with Gasteiger partial charge in [0.15, 0.2) is 6.04 Å². The van der Waals surface area contributed by atoms with Crippen molar-refractivity contribution >= 4 is 28.0 Å². The molecule has 1 atom stereocenters. The number of aryl methyl sites for hydroxylation is 2. The summed E-state index contributed by atoms with van der Waals surface area (Å²) in [5.74, 6) is -0.384. The smallest absolute Gasteiger partial charge is 0.407 e. The summed E-state index contributed by atoms with van der Waals surface area (Å²) in [7, 11) is -1.07. The van der Waals surface area contributed by atoms with E-state index in [4.69, 9.17) is 14.2 Å². The summed E-state index contributed by atoms with van der Waals surface area (Å²) < 4.78 is 44.0. The average molecular weight is 580 g/mol. The van der Waals surface area contributed by atoms with Gasteiger partial charge in [-0.25, -0.2) is 13.2 Å². The predicted molar refractivity (Wildman–Crippen MR) is 147 cm³/mol. The molecule has 40 heavy (non-hydrogen) atoms. The van der Waals surface area contributed by atoms with Crippen LogP contribution in [0.25, 0.3) is 0 Å². The van der Waals surface area contributed by atoms with Crippen LogP contribution in [0.2, 0.25) is 0 Å². The number of carbonyl (C=O) groups excluding carboxylic acids is 3. The SMILES string of the molecule is C[NH2+]C[C@H](NS(=O)(=O)c1c(C)cc(OCCCC(=O)NCCNC(=O)OCc2ccccc2)cc1C)C(=O)OC. The van der Waals surface area contributed by atoms with Crippen LogP contribution >= 0.6 is 0 Å². The van der Waals surface area contributed by atoms with Gasteiger partial charge < -0.3 is 30.2 Å². The number of alkyl carbamates (subject to hydrolysis) is 1. The third-order valence-corrected chi connectivity index (χ3v) is 7.48. The minimum Gasteiger partial charge on any atom is -0.494 e. The van der Waals surface area contributed by atoms with Crippen LogP contribution < -0.4 is 25.4 Å². The first kappa shape index (κ1) is 32.5. The van der Waals surface area contributed by atoms with Gasteiger partial charge in [-0.2, -0.15) is 4.72 Å². The summed E-state index contributed by atoms with van der Waals surface area (Å²) in [6.45, 7) is 4.39. The van der Waals surface area contributed by atoms with Crippen molar-refractivity contribution in [3.63, 3.8) is 0 Å². The number of likely N-dealkylation sites (N-methyl/N-ethyl adjacent to an activating group) is 1. The number of esters is 1. The summed E-state index contributed by atoms with van der Waals surface area (Å²) in [5.41, 5.74) is 1.80. The van der Waals surface area contributed by atoms with Gasteiger partial charge in [0, 0.05) is 19.5 Å². The van der Waals surface area contributed by atoms with Crippen molar-refractivity contribution in [2.75, 3.05) is 40.4 Å². The van der Waals surface area contributed by atoms with E-state index in [9.17, 15) is 22.8 Å². The molecule has 0 fully saturated rings. The van der Waals surface area contributed by atoms with Gasteiger partial charge in [-0.3, -0.25) is 9.59 Å². The molecule has 0 saturated carbocycles. The fourth-order valence-corrected chi connectivity index (χ4v) is 5.54. The monoisotopic (exact) mass is 579 g/mol. The van der Waals surface area contributed by atoms with Crippen LogP contribution in [0.15, 0.2) is 47.4 Å². The molecule has 0 unspecified atom stereocenters. The standard InChI is InChI=1S/C27H38N4O8S/c1-19-15-22(16-20(2)25(19)40(35,36)31-23(17-28-3)26(33)37-4)38-14-8-11-24(32)29-12-13-30-27(34)39-18-21-9-6-5-7-10-21/h5-7,9-10,15-16,23,28,31H,8,11-14,17-18H2,1-4H3,(H,29,32)(H,30,34)/p+1/t23-/m0/s1. The lowest BCUT2D eigenvalue weighted by Gasteiger charge is -2.18. The van der Waals surface area contributed by atoms with E-state index < -0.39 is 28.1 Å². The molecule has 0 saturated heterocycles. The summed E-state index contributed by atoms with van der Waals surface area (Å²) in [4.78, 5) is 35.8. The zero-order valence-corrected chi connectivity index (χ0v) is 24.1. The predicted octanol–water partition coefficient (Wildman–Crippen LogP) is 0.518. The Bertz CT molecular complexity index is 1220. The van der Waals surface area contributed by atoms with Gasteiger partial charge in [-0.1, -0.05) is 30.3 Å². The van der Waals surface area contributed by atoms with Gasteiger partial charge in [-0.05, 0) is 49.1 Å². The second-order valence-electron chi connectivity index (χ2n) is 9.02. The van der Waals surface area contributed by atoms with E-state index in [1.54, 1.807) is 38.3 Å². The Labute approximate surface area is 235 Å². The lowest BCUT2D eigenvalue weighted by atomic mass is 10.1. The number of ether oxygens (including phenoxy) is 3. The number of rotatable bonds is 16. The quantitative estimate of drug-likeness (QED) is 0.165. The molecule has 13 heteroatoms. The molecule has 2 rings (SSSR count). The topological polar surface area (TPSA) is 166 Å². The zero-order chi connectivity index (χ0) is 29.5. The van der Waals surface area contributed by atoms with Gasteiger partial charge >= 0.3 is 12.1 Å². The van der Waals surface area contributed by atoms with Crippen molar-refractivity contribution < 1.29 is 42.3 Å². The second kappa shape index (κ2) is 16.4. The third-order valence-electron chi connectivity index (χ3n) is 5.70. The Hall–Kier alpha value is -3.68. The van der Waals surface area contributed by atoms with Crippen LogP contribution in [-0.2, 0) is 35.7 Å². The van der Waals surface area contributed by atoms with Crippen LogP contribution in [0, 0.1) is 13.8 Å². The first-order chi connectivity index (χ1) is 19.1. The number of methoxy groups -OCH3 is 1. The molecular formula is C27H39N4O8S+. The van der Waals surface area contributed by atoms with Gasteiger partial charge in [-0.15, -0.1) is 0 Å². The van der Waals surface area contributed by atoms with Crippen molar-refractivity contribution in [1.82, 2.24) is 15.4 Å². The van der Waals surface area contributed by atoms with Crippen molar-refractivity contribution in [2.24, 2.45) is 0 Å². The number of benzene rings is 2. The Morgan fingerprint density at radius 2 is 1.65 bits per heavy atom. The van der Waals surface area contributed by atoms with E-state index in [-0.39, 0.29) is 50.1 Å². The number of sulfonamides is 1. The number of carbonyl (C=O) groups is 3. The van der Waals surface area contributed by atoms with E-state index in [1.165, 1.54) is 7.11 Å². The maximum atomic E-state index is 13.0. The molecule has 0 radical (unpaired) electrons. The molecule has 0 aliphatic rings. The Kier molecular flexibility index (Phi) is 13.4. The van der Waals surface area contributed by atoms with Gasteiger partial charge in [0.05, 0.1) is 25.7 Å². The molecule has 0 aromatic heterocycles. The van der Waals surface area contributed by atoms with Crippen molar-refractivity contribution in [2.45, 2.75) is 44.2 Å². The highest BCUT2D eigenvalue weighted by molar-refractivity contribution is 7.89. The number of amides is 2. The number of nitrogens with two attached hydrogens (primary N) is 1. The summed E-state index contributed by atoms with van der Waals surface area (Å²) in [6.07, 6.45) is 0.0946. The summed E-state index contributed by atoms with van der Waals surface area (Å²) in [5, 5.41) is 6.97. The minimum atomic E-state index is -4.00. The van der Waals surface area contributed by atoms with E-state index in [2.05, 4.69) is 15.4 Å². The summed E-state index contributed by atoms with van der Waals surface area (Å²) >= 11 is 0. The lowest BCUT2D eigenvalue weighted by molar-refractivity contribution is -0.627. The minimum absolute atomic E-state index is 0.0711. The van der Waals surface area contributed by atoms with E-state index in [0.29, 0.717) is 23.3 Å². The number of hydrogen-bond donors (Lipinski definition) is 4. The maximum Gasteiger partial charge on any atom is 0.407 e. The van der Waals surface area contributed by atoms with Gasteiger partial charge in [0.1, 0.15) is 18.9 Å².